The summed E-state index contributed by atoms with van der Waals surface area (Å²) in [6.07, 6.45) is 4.92. The van der Waals surface area contributed by atoms with E-state index in [1.165, 1.54) is 12.1 Å². The van der Waals surface area contributed by atoms with Gasteiger partial charge in [0, 0.05) is 44.7 Å². The fourth-order valence-electron chi connectivity index (χ4n) is 12.2. The minimum Gasteiger partial charge on any atom is -0.497 e. The Morgan fingerprint density at radius 2 is 1.53 bits per heavy atom. The highest BCUT2D eigenvalue weighted by atomic mass is 19.4. The standard InChI is InChI=1S/C47H53F3N2O7/c1-42-18-15-33(53)25-44(42)21-22-46(36(26-44)40(54)29-7-6-8-31(23-29)47(48,49)50)38(42)16-19-43(2)39(46)17-20-45(43,56)28-52(27-30-9-12-35(58-4)24-37(30)59-5)41(55)51-32-10-13-34(57-3)14-11-32/h6-14,21-24,26,33,38-39,53,56H,15-20,25,27-28H2,1-5H3,(H,51,55)/t33?,38-,39-,42-,43+,44+,45-,46-/m1/s1. The first-order valence-electron chi connectivity index (χ1n) is 20.4. The first-order chi connectivity index (χ1) is 28.0. The lowest BCUT2D eigenvalue weighted by atomic mass is 9.32. The normalized spacial score (nSPS) is 32.9. The van der Waals surface area contributed by atoms with Crippen molar-refractivity contribution in [2.75, 3.05) is 33.2 Å². The number of benzene rings is 3. The Kier molecular flexibility index (Phi) is 10.0. The molecule has 59 heavy (non-hydrogen) atoms. The number of carbonyl (C=O) groups excluding carboxylic acids is 2. The third-order valence-corrected chi connectivity index (χ3v) is 15.3. The molecule has 2 spiro atoms. The lowest BCUT2D eigenvalue weighted by Crippen LogP contribution is -2.67. The molecule has 6 aliphatic carbocycles. The number of ether oxygens (including phenoxy) is 3. The summed E-state index contributed by atoms with van der Waals surface area (Å²) in [5, 5.41) is 27.3. The average Bonchev–Trinajstić information content (AvgIpc) is 3.49. The molecule has 0 saturated heterocycles. The van der Waals surface area contributed by atoms with Crippen molar-refractivity contribution in [2.24, 2.45) is 33.5 Å². The number of ketones is 1. The molecule has 12 heteroatoms. The number of halogens is 3. The molecule has 3 saturated carbocycles. The van der Waals surface area contributed by atoms with Crippen LogP contribution in [0.3, 0.4) is 0 Å². The van der Waals surface area contributed by atoms with Crippen LogP contribution in [-0.4, -0.2) is 66.5 Å². The maximum atomic E-state index is 14.9. The van der Waals surface area contributed by atoms with Crippen LogP contribution < -0.4 is 19.5 Å². The van der Waals surface area contributed by atoms with E-state index in [1.807, 2.05) is 12.1 Å². The molecule has 1 unspecified atom stereocenters. The van der Waals surface area contributed by atoms with Crippen LogP contribution in [0.4, 0.5) is 23.7 Å². The Bertz CT molecular complexity index is 2210. The second-order valence-electron chi connectivity index (χ2n) is 17.9. The van der Waals surface area contributed by atoms with Crippen molar-refractivity contribution in [3.63, 3.8) is 0 Å². The first kappa shape index (κ1) is 40.9. The number of aliphatic hydroxyl groups excluding tert-OH is 1. The smallest absolute Gasteiger partial charge is 0.416 e. The zero-order valence-corrected chi connectivity index (χ0v) is 34.2. The van der Waals surface area contributed by atoms with Crippen LogP contribution in [0.5, 0.6) is 17.2 Å². The number of methoxy groups -OCH3 is 3. The van der Waals surface area contributed by atoms with Gasteiger partial charge < -0.3 is 34.6 Å². The first-order valence-corrected chi connectivity index (χ1v) is 20.4. The highest BCUT2D eigenvalue weighted by molar-refractivity contribution is 6.10. The minimum atomic E-state index is -4.63. The summed E-state index contributed by atoms with van der Waals surface area (Å²) in [5.74, 6) is 0.911. The second-order valence-corrected chi connectivity index (χ2v) is 17.9. The van der Waals surface area contributed by atoms with E-state index >= 15 is 0 Å². The molecule has 0 radical (unpaired) electrons. The predicted octanol–water partition coefficient (Wildman–Crippen LogP) is 9.24. The Morgan fingerprint density at radius 1 is 0.847 bits per heavy atom. The Hall–Kier alpha value is -4.81. The van der Waals surface area contributed by atoms with Gasteiger partial charge in [0.1, 0.15) is 17.2 Å². The molecule has 0 aromatic heterocycles. The summed E-state index contributed by atoms with van der Waals surface area (Å²) in [4.78, 5) is 30.9. The van der Waals surface area contributed by atoms with Gasteiger partial charge in [0.2, 0.25) is 0 Å². The molecule has 6 aliphatic rings. The topological polar surface area (TPSA) is 118 Å². The molecule has 3 aromatic carbocycles. The highest BCUT2D eigenvalue weighted by Crippen LogP contribution is 2.78. The second kappa shape index (κ2) is 14.4. The molecule has 3 N–H and O–H groups in total. The predicted molar refractivity (Wildman–Crippen MR) is 216 cm³/mol. The van der Waals surface area contributed by atoms with Gasteiger partial charge in [-0.1, -0.05) is 44.2 Å². The van der Waals surface area contributed by atoms with E-state index in [-0.39, 0.29) is 35.9 Å². The molecule has 3 fully saturated rings. The van der Waals surface area contributed by atoms with Gasteiger partial charge in [-0.15, -0.1) is 0 Å². The lowest BCUT2D eigenvalue weighted by Gasteiger charge is -2.71. The van der Waals surface area contributed by atoms with Gasteiger partial charge in [-0.25, -0.2) is 4.79 Å². The molecule has 8 atom stereocenters. The number of rotatable bonds is 10. The van der Waals surface area contributed by atoms with Crippen molar-refractivity contribution >= 4 is 17.5 Å². The maximum Gasteiger partial charge on any atom is 0.416 e. The zero-order chi connectivity index (χ0) is 42.2. The van der Waals surface area contributed by atoms with Crippen LogP contribution in [0.1, 0.15) is 80.3 Å². The number of carbonyl (C=O) groups is 2. The van der Waals surface area contributed by atoms with E-state index in [0.717, 1.165) is 18.6 Å². The number of urea groups is 1. The van der Waals surface area contributed by atoms with Gasteiger partial charge in [0.15, 0.2) is 5.78 Å². The van der Waals surface area contributed by atoms with Crippen molar-refractivity contribution in [3.8, 4) is 17.2 Å². The average molecular weight is 815 g/mol. The van der Waals surface area contributed by atoms with E-state index in [1.54, 1.807) is 62.6 Å². The van der Waals surface area contributed by atoms with Gasteiger partial charge in [-0.3, -0.25) is 4.79 Å². The van der Waals surface area contributed by atoms with Crippen LogP contribution in [-0.2, 0) is 12.7 Å². The summed E-state index contributed by atoms with van der Waals surface area (Å²) in [5.41, 5.74) is -3.39. The Balaban J connectivity index is 1.20. The van der Waals surface area contributed by atoms with Crippen LogP contribution in [0.15, 0.2) is 90.5 Å². The van der Waals surface area contributed by atoms with E-state index in [0.29, 0.717) is 72.6 Å². The third-order valence-electron chi connectivity index (χ3n) is 15.3. The van der Waals surface area contributed by atoms with E-state index in [9.17, 15) is 33.0 Å². The van der Waals surface area contributed by atoms with E-state index in [4.69, 9.17) is 14.2 Å². The third kappa shape index (κ3) is 6.35. The molecule has 314 valence electrons. The van der Waals surface area contributed by atoms with Gasteiger partial charge in [-0.05, 0) is 111 Å². The summed E-state index contributed by atoms with van der Waals surface area (Å²) in [6.45, 7) is 4.36. The molecule has 0 aliphatic heterocycles. The number of hydrogen-bond donors (Lipinski definition) is 3. The number of nitrogens with zero attached hydrogens (tertiary/aromatic N) is 1. The summed E-state index contributed by atoms with van der Waals surface area (Å²) in [6, 6.07) is 16.5. The van der Waals surface area contributed by atoms with Crippen molar-refractivity contribution in [1.29, 1.82) is 0 Å². The number of Topliss-reactive ketones (excluding diaryl/α,β-unsaturated/α-hetero) is 1. The maximum absolute atomic E-state index is 14.9. The minimum absolute atomic E-state index is 0.0371. The monoisotopic (exact) mass is 814 g/mol. The number of amides is 2. The van der Waals surface area contributed by atoms with Crippen LogP contribution in [0, 0.1) is 33.5 Å². The van der Waals surface area contributed by atoms with Crippen LogP contribution in [0.2, 0.25) is 0 Å². The zero-order valence-electron chi connectivity index (χ0n) is 34.2. The molecule has 9 nitrogen and oxygen atoms in total. The number of anilines is 1. The van der Waals surface area contributed by atoms with Crippen LogP contribution >= 0.6 is 0 Å². The van der Waals surface area contributed by atoms with Gasteiger partial charge in [0.05, 0.1) is 51.7 Å². The summed E-state index contributed by atoms with van der Waals surface area (Å²) < 4.78 is 58.5. The molecular weight excluding hydrogens is 762 g/mol. The number of allylic oxidation sites excluding steroid dienone is 4. The van der Waals surface area contributed by atoms with Crippen molar-refractivity contribution < 1.29 is 47.2 Å². The number of aliphatic hydroxyl groups is 2. The number of alkyl halides is 3. The van der Waals surface area contributed by atoms with Crippen molar-refractivity contribution in [1.82, 2.24) is 4.90 Å². The molecule has 2 bridgehead atoms. The lowest BCUT2D eigenvalue weighted by molar-refractivity contribution is -0.174. The molecule has 0 heterocycles. The van der Waals surface area contributed by atoms with E-state index < -0.39 is 51.5 Å². The number of fused-ring (bicyclic) bond motifs is 1. The van der Waals surface area contributed by atoms with Gasteiger partial charge >= 0.3 is 12.2 Å². The fourth-order valence-corrected chi connectivity index (χ4v) is 12.2. The van der Waals surface area contributed by atoms with E-state index in [2.05, 4.69) is 31.3 Å². The largest absolute Gasteiger partial charge is 0.497 e. The summed E-state index contributed by atoms with van der Waals surface area (Å²) in [7, 11) is 4.67. The number of hydrogen-bond acceptors (Lipinski definition) is 7. The summed E-state index contributed by atoms with van der Waals surface area (Å²) >= 11 is 0. The van der Waals surface area contributed by atoms with Crippen molar-refractivity contribution in [2.45, 2.75) is 83.2 Å². The number of nitrogens with one attached hydrogen (secondary N) is 1. The van der Waals surface area contributed by atoms with Gasteiger partial charge in [-0.2, -0.15) is 13.2 Å². The fraction of sp³-hybridized carbons (Fsp3) is 0.489. The van der Waals surface area contributed by atoms with Gasteiger partial charge in [0.25, 0.3) is 0 Å². The van der Waals surface area contributed by atoms with Crippen LogP contribution in [0.25, 0.3) is 0 Å². The Morgan fingerprint density at radius 3 is 2.22 bits per heavy atom. The molecule has 2 amide bonds. The molecule has 9 rings (SSSR count). The SMILES string of the molecule is COc1ccc(NC(=O)N(Cc2ccc(OC)cc2OC)C[C@]2(O)CC[C@H]3[C@]45C=C[C@@]6(C=C4C(=O)c4cccc(C(F)(F)F)c4)CC(O)CC[C@]6(C)[C@H]5CC[C@@]32C)cc1. The highest BCUT2D eigenvalue weighted by Gasteiger charge is 2.74. The molecular formula is C47H53F3N2O7. The van der Waals surface area contributed by atoms with Crippen molar-refractivity contribution in [3.05, 3.63) is 107 Å². The quantitative estimate of drug-likeness (QED) is 0.138. The molecule has 3 aromatic rings. The Labute approximate surface area is 343 Å².